The zero-order chi connectivity index (χ0) is 15.2. The number of ether oxygens (including phenoxy) is 1. The van der Waals surface area contributed by atoms with Crippen LogP contribution in [0.1, 0.15) is 26.2 Å². The van der Waals surface area contributed by atoms with Gasteiger partial charge in [0.15, 0.2) is 0 Å². The van der Waals surface area contributed by atoms with E-state index in [1.54, 1.807) is 6.08 Å². The predicted octanol–water partition coefficient (Wildman–Crippen LogP) is 4.20. The number of esters is 1. The Morgan fingerprint density at radius 1 is 1.50 bits per heavy atom. The van der Waals surface area contributed by atoms with Gasteiger partial charge in [0.2, 0.25) is 0 Å². The quantitative estimate of drug-likeness (QED) is 0.560. The van der Waals surface area contributed by atoms with Gasteiger partial charge >= 0.3 is 12.1 Å². The minimum atomic E-state index is -4.34. The second-order valence-corrected chi connectivity index (χ2v) is 4.69. The van der Waals surface area contributed by atoms with E-state index < -0.39 is 29.6 Å². The second-order valence-electron chi connectivity index (χ2n) is 4.69. The fraction of sp³-hybridized carbons (Fsp3) is 0.533. The maximum atomic E-state index is 12.7. The Bertz CT molecular complexity index is 419. The number of carbonyl (C=O) groups excluding carboxylic acids is 1. The highest BCUT2D eigenvalue weighted by molar-refractivity contribution is 5.73. The summed E-state index contributed by atoms with van der Waals surface area (Å²) >= 11 is 0. The number of halogens is 3. The molecule has 2 atom stereocenters. The van der Waals surface area contributed by atoms with E-state index in [1.165, 1.54) is 13.2 Å². The molecule has 1 aliphatic carbocycles. The van der Waals surface area contributed by atoms with Gasteiger partial charge in [-0.3, -0.25) is 4.79 Å². The van der Waals surface area contributed by atoms with Crippen molar-refractivity contribution in [1.82, 2.24) is 0 Å². The molecular formula is C15H19F3O2. The van der Waals surface area contributed by atoms with E-state index >= 15 is 0 Å². The molecule has 0 amide bonds. The maximum absolute atomic E-state index is 12.7. The van der Waals surface area contributed by atoms with Crippen LogP contribution in [0.4, 0.5) is 13.2 Å². The van der Waals surface area contributed by atoms with E-state index in [1.807, 2.05) is 19.1 Å². The number of alkyl halides is 3. The number of carbonyl (C=O) groups is 1. The van der Waals surface area contributed by atoms with Crippen molar-refractivity contribution in [1.29, 1.82) is 0 Å². The molecule has 0 aromatic carbocycles. The van der Waals surface area contributed by atoms with Gasteiger partial charge in [-0.1, -0.05) is 37.3 Å². The van der Waals surface area contributed by atoms with Gasteiger partial charge in [0.05, 0.1) is 13.0 Å². The van der Waals surface area contributed by atoms with Gasteiger partial charge in [0.1, 0.15) is 0 Å². The van der Waals surface area contributed by atoms with Gasteiger partial charge in [0, 0.05) is 5.57 Å². The van der Waals surface area contributed by atoms with E-state index in [9.17, 15) is 18.0 Å². The largest absolute Gasteiger partial charge is 0.469 e. The van der Waals surface area contributed by atoms with Crippen LogP contribution in [-0.2, 0) is 9.53 Å². The summed E-state index contributed by atoms with van der Waals surface area (Å²) in [6.45, 7) is 1.95. The molecule has 20 heavy (non-hydrogen) atoms. The average molecular weight is 288 g/mol. The molecule has 0 heterocycles. The van der Waals surface area contributed by atoms with Crippen LogP contribution < -0.4 is 0 Å². The molecule has 0 radical (unpaired) electrons. The minimum absolute atomic E-state index is 0.181. The predicted molar refractivity (Wildman–Crippen MR) is 70.9 cm³/mol. The smallest absolute Gasteiger partial charge is 0.412 e. The second kappa shape index (κ2) is 7.31. The highest BCUT2D eigenvalue weighted by atomic mass is 19.4. The zero-order valence-electron chi connectivity index (χ0n) is 11.6. The molecule has 0 bridgehead atoms. The standard InChI is InChI=1S/C15H19F3O2/c1-3-4-5-9-13(14(19)20-2)11-7-6-8-12(10-11)15(16,17)18/h4-8,11,13H,3,9-10H2,1-2H3/b5-4-/t11?,13-/m1/s1. The zero-order valence-corrected chi connectivity index (χ0v) is 11.6. The number of methoxy groups -OCH3 is 1. The van der Waals surface area contributed by atoms with E-state index in [-0.39, 0.29) is 6.42 Å². The highest BCUT2D eigenvalue weighted by Gasteiger charge is 2.38. The lowest BCUT2D eigenvalue weighted by Gasteiger charge is -2.25. The summed E-state index contributed by atoms with van der Waals surface area (Å²) < 4.78 is 42.9. The number of rotatable bonds is 5. The molecule has 0 aliphatic heterocycles. The molecule has 0 N–H and O–H groups in total. The fourth-order valence-corrected chi connectivity index (χ4v) is 2.20. The monoisotopic (exact) mass is 288 g/mol. The number of hydrogen-bond donors (Lipinski definition) is 0. The summed E-state index contributed by atoms with van der Waals surface area (Å²) in [6.07, 6.45) is 4.48. The molecule has 1 aliphatic rings. The lowest BCUT2D eigenvalue weighted by Crippen LogP contribution is -2.27. The van der Waals surface area contributed by atoms with Gasteiger partial charge in [-0.25, -0.2) is 0 Å². The molecule has 0 aromatic rings. The molecule has 2 nitrogen and oxygen atoms in total. The van der Waals surface area contributed by atoms with Crippen molar-refractivity contribution >= 4 is 5.97 Å². The van der Waals surface area contributed by atoms with Crippen molar-refractivity contribution in [2.45, 2.75) is 32.4 Å². The highest BCUT2D eigenvalue weighted by Crippen LogP contribution is 2.37. The van der Waals surface area contributed by atoms with Crippen molar-refractivity contribution in [2.24, 2.45) is 11.8 Å². The first-order chi connectivity index (χ1) is 9.40. The first-order valence-corrected chi connectivity index (χ1v) is 6.57. The van der Waals surface area contributed by atoms with E-state index in [2.05, 4.69) is 0 Å². The Balaban J connectivity index is 2.83. The van der Waals surface area contributed by atoms with Crippen LogP contribution in [0.3, 0.4) is 0 Å². The Morgan fingerprint density at radius 2 is 2.20 bits per heavy atom. The van der Waals surface area contributed by atoms with Crippen LogP contribution >= 0.6 is 0 Å². The Labute approximate surface area is 117 Å². The molecule has 112 valence electrons. The van der Waals surface area contributed by atoms with Crippen molar-refractivity contribution in [3.63, 3.8) is 0 Å². The van der Waals surface area contributed by atoms with E-state index in [4.69, 9.17) is 4.74 Å². The molecule has 0 fully saturated rings. The molecule has 0 saturated heterocycles. The van der Waals surface area contributed by atoms with Crippen LogP contribution in [0.2, 0.25) is 0 Å². The van der Waals surface area contributed by atoms with Gasteiger partial charge in [-0.05, 0) is 25.2 Å². The van der Waals surface area contributed by atoms with Gasteiger partial charge in [-0.15, -0.1) is 0 Å². The maximum Gasteiger partial charge on any atom is 0.412 e. The molecule has 0 aromatic heterocycles. The fourth-order valence-electron chi connectivity index (χ4n) is 2.20. The van der Waals surface area contributed by atoms with Crippen molar-refractivity contribution < 1.29 is 22.7 Å². The third-order valence-corrected chi connectivity index (χ3v) is 3.29. The van der Waals surface area contributed by atoms with Crippen LogP contribution in [0.5, 0.6) is 0 Å². The van der Waals surface area contributed by atoms with Gasteiger partial charge in [-0.2, -0.15) is 13.2 Å². The van der Waals surface area contributed by atoms with Gasteiger partial charge < -0.3 is 4.74 Å². The summed E-state index contributed by atoms with van der Waals surface area (Å²) in [7, 11) is 1.26. The Morgan fingerprint density at radius 3 is 2.75 bits per heavy atom. The summed E-state index contributed by atoms with van der Waals surface area (Å²) in [4.78, 5) is 11.8. The lowest BCUT2D eigenvalue weighted by molar-refractivity contribution is -0.147. The number of hydrogen-bond acceptors (Lipinski definition) is 2. The third kappa shape index (κ3) is 4.54. The Hall–Kier alpha value is -1.52. The summed E-state index contributed by atoms with van der Waals surface area (Å²) in [5.74, 6) is -1.53. The van der Waals surface area contributed by atoms with Crippen LogP contribution in [0.25, 0.3) is 0 Å². The van der Waals surface area contributed by atoms with Gasteiger partial charge in [0.25, 0.3) is 0 Å². The molecular weight excluding hydrogens is 269 g/mol. The molecule has 0 saturated carbocycles. The van der Waals surface area contributed by atoms with Crippen LogP contribution in [0.15, 0.2) is 36.0 Å². The SMILES string of the molecule is CC/C=C\C[C@@H](C(=O)OC)C1C=CC=C(C(F)(F)F)C1. The average Bonchev–Trinajstić information content (AvgIpc) is 2.42. The first kappa shape index (κ1) is 16.5. The van der Waals surface area contributed by atoms with Crippen molar-refractivity contribution in [3.05, 3.63) is 36.0 Å². The van der Waals surface area contributed by atoms with E-state index in [0.717, 1.165) is 12.5 Å². The molecule has 1 unspecified atom stereocenters. The van der Waals surface area contributed by atoms with Crippen molar-refractivity contribution in [3.8, 4) is 0 Å². The van der Waals surface area contributed by atoms with Crippen LogP contribution in [0, 0.1) is 11.8 Å². The number of allylic oxidation sites excluding steroid dienone is 6. The van der Waals surface area contributed by atoms with Crippen LogP contribution in [-0.4, -0.2) is 19.3 Å². The first-order valence-electron chi connectivity index (χ1n) is 6.57. The topological polar surface area (TPSA) is 26.3 Å². The summed E-state index contributed by atoms with van der Waals surface area (Å²) in [6, 6.07) is 0. The minimum Gasteiger partial charge on any atom is -0.469 e. The summed E-state index contributed by atoms with van der Waals surface area (Å²) in [5.41, 5.74) is -0.599. The third-order valence-electron chi connectivity index (χ3n) is 3.29. The normalized spacial score (nSPS) is 20.9. The lowest BCUT2D eigenvalue weighted by atomic mass is 9.81. The van der Waals surface area contributed by atoms with Crippen molar-refractivity contribution in [2.75, 3.05) is 7.11 Å². The molecule has 0 spiro atoms. The molecule has 1 rings (SSSR count). The summed E-state index contributed by atoms with van der Waals surface area (Å²) in [5, 5.41) is 0. The van der Waals surface area contributed by atoms with E-state index in [0.29, 0.717) is 6.42 Å². The molecule has 5 heteroatoms. The Kier molecular flexibility index (Phi) is 6.05.